The fourth-order valence-electron chi connectivity index (χ4n) is 3.58. The van der Waals surface area contributed by atoms with Crippen LogP contribution in [-0.2, 0) is 12.8 Å². The molecular weight excluding hydrogens is 310 g/mol. The second kappa shape index (κ2) is 6.43. The molecule has 1 aromatic heterocycles. The maximum absolute atomic E-state index is 7.77. The fraction of sp³-hybridized carbons (Fsp3) is 0.200. The lowest BCUT2D eigenvalue weighted by Gasteiger charge is -2.17. The van der Waals surface area contributed by atoms with Gasteiger partial charge in [0.25, 0.3) is 0 Å². The average molecular weight is 331 g/mol. The molecule has 5 nitrogen and oxygen atoms in total. The smallest absolute Gasteiger partial charge is 0.215 e. The van der Waals surface area contributed by atoms with Crippen LogP contribution in [0.1, 0.15) is 28.3 Å². The molecule has 0 saturated heterocycles. The van der Waals surface area contributed by atoms with Gasteiger partial charge in [0.1, 0.15) is 5.82 Å². The van der Waals surface area contributed by atoms with Gasteiger partial charge in [0.2, 0.25) is 5.96 Å². The van der Waals surface area contributed by atoms with E-state index in [9.17, 15) is 0 Å². The minimum atomic E-state index is -0.0483. The van der Waals surface area contributed by atoms with E-state index in [1.807, 2.05) is 12.1 Å². The summed E-state index contributed by atoms with van der Waals surface area (Å²) in [6.07, 6.45) is 1.71. The van der Waals surface area contributed by atoms with Gasteiger partial charge in [-0.15, -0.1) is 0 Å². The molecule has 0 radical (unpaired) electrons. The molecule has 2 aromatic carbocycles. The van der Waals surface area contributed by atoms with Gasteiger partial charge in [-0.25, -0.2) is 0 Å². The lowest BCUT2D eigenvalue weighted by molar-refractivity contribution is 0.751. The summed E-state index contributed by atoms with van der Waals surface area (Å²) in [5, 5.41) is 15.7. The van der Waals surface area contributed by atoms with Crippen LogP contribution in [0, 0.1) is 5.41 Å². The maximum Gasteiger partial charge on any atom is 0.215 e. The number of rotatable bonds is 4. The standard InChI is InChI=1S/C20H21N5/c21-20(22)25-19-16(11-12-23-19)18(24-25)13-17(14-7-3-1-4-8-14)15-9-5-2-6-10-15/h1-10,17,23H,11-13H2,(H3,21,22). The zero-order valence-corrected chi connectivity index (χ0v) is 13.9. The summed E-state index contributed by atoms with van der Waals surface area (Å²) in [4.78, 5) is 0. The molecule has 0 unspecified atom stereocenters. The molecule has 2 heterocycles. The largest absolute Gasteiger partial charge is 0.369 e. The molecule has 25 heavy (non-hydrogen) atoms. The predicted octanol–water partition coefficient (Wildman–Crippen LogP) is 2.97. The number of hydrogen-bond donors (Lipinski definition) is 3. The van der Waals surface area contributed by atoms with Crippen molar-refractivity contribution >= 4 is 11.8 Å². The maximum atomic E-state index is 7.77. The first-order valence-electron chi connectivity index (χ1n) is 8.53. The highest BCUT2D eigenvalue weighted by Crippen LogP contribution is 2.33. The summed E-state index contributed by atoms with van der Waals surface area (Å²) in [6.45, 7) is 0.870. The Morgan fingerprint density at radius 1 is 1.08 bits per heavy atom. The van der Waals surface area contributed by atoms with Crippen LogP contribution < -0.4 is 11.1 Å². The Bertz CT molecular complexity index is 844. The Kier molecular flexibility index (Phi) is 3.98. The van der Waals surface area contributed by atoms with Gasteiger partial charge in [0.05, 0.1) is 5.69 Å². The lowest BCUT2D eigenvalue weighted by Crippen LogP contribution is -2.23. The number of nitrogens with one attached hydrogen (secondary N) is 2. The monoisotopic (exact) mass is 331 g/mol. The zero-order chi connectivity index (χ0) is 17.2. The van der Waals surface area contributed by atoms with Crippen LogP contribution in [0.4, 0.5) is 5.82 Å². The molecule has 0 aliphatic carbocycles. The number of nitrogens with two attached hydrogens (primary N) is 1. The lowest BCUT2D eigenvalue weighted by atomic mass is 9.86. The van der Waals surface area contributed by atoms with Gasteiger partial charge >= 0.3 is 0 Å². The molecule has 4 rings (SSSR count). The first-order valence-corrected chi connectivity index (χ1v) is 8.53. The van der Waals surface area contributed by atoms with Gasteiger partial charge in [0, 0.05) is 24.4 Å². The van der Waals surface area contributed by atoms with Gasteiger partial charge in [-0.2, -0.15) is 9.78 Å². The minimum Gasteiger partial charge on any atom is -0.369 e. The van der Waals surface area contributed by atoms with E-state index in [-0.39, 0.29) is 11.9 Å². The minimum absolute atomic E-state index is 0.0483. The number of anilines is 1. The molecule has 4 N–H and O–H groups in total. The third-order valence-electron chi connectivity index (χ3n) is 4.76. The van der Waals surface area contributed by atoms with Crippen molar-refractivity contribution in [2.45, 2.75) is 18.8 Å². The van der Waals surface area contributed by atoms with Crippen LogP contribution in [-0.4, -0.2) is 22.3 Å². The SMILES string of the molecule is N=C(N)n1nc(CC(c2ccccc2)c2ccccc2)c2c1NCC2. The van der Waals surface area contributed by atoms with E-state index in [2.05, 4.69) is 58.9 Å². The Morgan fingerprint density at radius 3 is 2.24 bits per heavy atom. The molecule has 0 spiro atoms. The van der Waals surface area contributed by atoms with Gasteiger partial charge in [-0.1, -0.05) is 60.7 Å². The average Bonchev–Trinajstić information content (AvgIpc) is 3.24. The summed E-state index contributed by atoms with van der Waals surface area (Å²) in [7, 11) is 0. The zero-order valence-electron chi connectivity index (χ0n) is 13.9. The van der Waals surface area contributed by atoms with Crippen molar-refractivity contribution in [2.75, 3.05) is 11.9 Å². The van der Waals surface area contributed by atoms with Crippen LogP contribution in [0.25, 0.3) is 0 Å². The number of nitrogen functional groups attached to an aromatic ring is 1. The normalized spacial score (nSPS) is 12.8. The molecule has 5 heteroatoms. The molecule has 0 atom stereocenters. The van der Waals surface area contributed by atoms with Crippen molar-refractivity contribution in [3.63, 3.8) is 0 Å². The Hall–Kier alpha value is -3.08. The second-order valence-corrected chi connectivity index (χ2v) is 6.33. The fourth-order valence-corrected chi connectivity index (χ4v) is 3.58. The summed E-state index contributed by atoms with van der Waals surface area (Å²) in [5.74, 6) is 1.05. The van der Waals surface area contributed by atoms with E-state index in [1.165, 1.54) is 21.4 Å². The van der Waals surface area contributed by atoms with Crippen LogP contribution in [0.15, 0.2) is 60.7 Å². The first kappa shape index (κ1) is 15.4. The third kappa shape index (κ3) is 2.89. The molecule has 0 bridgehead atoms. The van der Waals surface area contributed by atoms with Gasteiger partial charge < -0.3 is 11.1 Å². The number of nitrogens with zero attached hydrogens (tertiary/aromatic N) is 2. The van der Waals surface area contributed by atoms with Gasteiger partial charge in [0.15, 0.2) is 0 Å². The van der Waals surface area contributed by atoms with Gasteiger partial charge in [-0.05, 0) is 17.5 Å². The molecule has 1 aliphatic rings. The molecular formula is C20H21N5. The topological polar surface area (TPSA) is 79.7 Å². The molecule has 1 aliphatic heterocycles. The predicted molar refractivity (Wildman–Crippen MR) is 100 cm³/mol. The highest BCUT2D eigenvalue weighted by Gasteiger charge is 2.26. The van der Waals surface area contributed by atoms with E-state index >= 15 is 0 Å². The van der Waals surface area contributed by atoms with E-state index in [0.29, 0.717) is 0 Å². The third-order valence-corrected chi connectivity index (χ3v) is 4.76. The number of benzene rings is 2. The van der Waals surface area contributed by atoms with Crippen molar-refractivity contribution in [3.05, 3.63) is 83.0 Å². The Morgan fingerprint density at radius 2 is 1.68 bits per heavy atom. The van der Waals surface area contributed by atoms with Crippen LogP contribution in [0.3, 0.4) is 0 Å². The summed E-state index contributed by atoms with van der Waals surface area (Å²) >= 11 is 0. The van der Waals surface area contributed by atoms with E-state index in [1.54, 1.807) is 0 Å². The number of hydrogen-bond acceptors (Lipinski definition) is 3. The van der Waals surface area contributed by atoms with Crippen LogP contribution in [0.5, 0.6) is 0 Å². The highest BCUT2D eigenvalue weighted by molar-refractivity contribution is 5.81. The quantitative estimate of drug-likeness (QED) is 0.508. The molecule has 0 fully saturated rings. The van der Waals surface area contributed by atoms with E-state index < -0.39 is 0 Å². The first-order chi connectivity index (χ1) is 12.2. The van der Waals surface area contributed by atoms with E-state index in [0.717, 1.165) is 30.9 Å². The molecule has 126 valence electrons. The Balaban J connectivity index is 1.76. The second-order valence-electron chi connectivity index (χ2n) is 6.33. The Labute approximate surface area is 147 Å². The molecule has 3 aromatic rings. The summed E-state index contributed by atoms with van der Waals surface area (Å²) < 4.78 is 1.52. The number of aromatic nitrogens is 2. The van der Waals surface area contributed by atoms with Crippen LogP contribution >= 0.6 is 0 Å². The molecule has 0 amide bonds. The van der Waals surface area contributed by atoms with Crippen molar-refractivity contribution in [2.24, 2.45) is 5.73 Å². The summed E-state index contributed by atoms with van der Waals surface area (Å²) in [6, 6.07) is 21.0. The number of fused-ring (bicyclic) bond motifs is 1. The highest BCUT2D eigenvalue weighted by atomic mass is 15.4. The van der Waals surface area contributed by atoms with Crippen LogP contribution in [0.2, 0.25) is 0 Å². The van der Waals surface area contributed by atoms with Crippen molar-refractivity contribution in [3.8, 4) is 0 Å². The van der Waals surface area contributed by atoms with Gasteiger partial charge in [-0.3, -0.25) is 5.41 Å². The molecule has 0 saturated carbocycles. The van der Waals surface area contributed by atoms with Crippen molar-refractivity contribution in [1.82, 2.24) is 9.78 Å². The van der Waals surface area contributed by atoms with Crippen molar-refractivity contribution < 1.29 is 0 Å². The van der Waals surface area contributed by atoms with Crippen molar-refractivity contribution in [1.29, 1.82) is 5.41 Å². The summed E-state index contributed by atoms with van der Waals surface area (Å²) in [5.41, 5.74) is 10.4. The van der Waals surface area contributed by atoms with E-state index in [4.69, 9.17) is 11.1 Å².